The maximum atomic E-state index is 8.84. The highest BCUT2D eigenvalue weighted by atomic mass is 15.0. The van der Waals surface area contributed by atoms with Gasteiger partial charge in [-0.05, 0) is 44.5 Å². The molecule has 0 aliphatic rings. The largest absolute Gasteiger partial charge is 0.347 e. The van der Waals surface area contributed by atoms with Gasteiger partial charge < -0.3 is 10.3 Å². The van der Waals surface area contributed by atoms with Gasteiger partial charge in [-0.2, -0.15) is 5.26 Å². The van der Waals surface area contributed by atoms with E-state index in [1.807, 2.05) is 38.1 Å². The molecule has 0 fully saturated rings. The smallest absolute Gasteiger partial charge is 0.0991 e. The number of hydrogen-bond donors (Lipinski definition) is 1. The van der Waals surface area contributed by atoms with Crippen molar-refractivity contribution in [1.29, 1.82) is 5.26 Å². The molecule has 0 aliphatic carbocycles. The van der Waals surface area contributed by atoms with Gasteiger partial charge in [0, 0.05) is 29.2 Å². The number of nitrogens with zero attached hydrogens (tertiary/aromatic N) is 2. The topological polar surface area (TPSA) is 54.7 Å². The van der Waals surface area contributed by atoms with E-state index in [4.69, 9.17) is 11.0 Å². The molecule has 2 rings (SSSR count). The summed E-state index contributed by atoms with van der Waals surface area (Å²) in [5.74, 6) is 0. The van der Waals surface area contributed by atoms with Gasteiger partial charge in [-0.25, -0.2) is 0 Å². The molecule has 0 bridgehead atoms. The van der Waals surface area contributed by atoms with Gasteiger partial charge in [0.15, 0.2) is 0 Å². The summed E-state index contributed by atoms with van der Waals surface area (Å²) in [4.78, 5) is 0. The van der Waals surface area contributed by atoms with E-state index in [0.717, 1.165) is 23.9 Å². The summed E-state index contributed by atoms with van der Waals surface area (Å²) in [6.07, 6.45) is 2.98. The third kappa shape index (κ3) is 2.66. The molecule has 0 saturated carbocycles. The molecule has 0 unspecified atom stereocenters. The SMILES string of the molecule is CC(C)(N)CCn1ccc2cc(C#N)ccc21. The molecule has 0 saturated heterocycles. The monoisotopic (exact) mass is 227 g/mol. The summed E-state index contributed by atoms with van der Waals surface area (Å²) in [6.45, 7) is 4.97. The Morgan fingerprint density at radius 1 is 1.35 bits per heavy atom. The first-order valence-electron chi connectivity index (χ1n) is 5.77. The Morgan fingerprint density at radius 3 is 2.76 bits per heavy atom. The Labute approximate surface area is 101 Å². The number of aryl methyl sites for hydroxylation is 1. The van der Waals surface area contributed by atoms with Crippen LogP contribution in [0.2, 0.25) is 0 Å². The van der Waals surface area contributed by atoms with Crippen LogP contribution in [0, 0.1) is 11.3 Å². The Balaban J connectivity index is 2.28. The fourth-order valence-electron chi connectivity index (χ4n) is 1.87. The van der Waals surface area contributed by atoms with Crippen molar-refractivity contribution in [2.75, 3.05) is 0 Å². The zero-order valence-corrected chi connectivity index (χ0v) is 10.3. The van der Waals surface area contributed by atoms with Crippen molar-refractivity contribution in [3.05, 3.63) is 36.0 Å². The number of hydrogen-bond acceptors (Lipinski definition) is 2. The lowest BCUT2D eigenvalue weighted by Crippen LogP contribution is -2.33. The van der Waals surface area contributed by atoms with Gasteiger partial charge in [-0.1, -0.05) is 0 Å². The van der Waals surface area contributed by atoms with Crippen LogP contribution >= 0.6 is 0 Å². The lowest BCUT2D eigenvalue weighted by Gasteiger charge is -2.18. The van der Waals surface area contributed by atoms with Crippen LogP contribution in [0.5, 0.6) is 0 Å². The number of rotatable bonds is 3. The average molecular weight is 227 g/mol. The molecule has 3 heteroatoms. The molecule has 2 aromatic rings. The fourth-order valence-corrected chi connectivity index (χ4v) is 1.87. The summed E-state index contributed by atoms with van der Waals surface area (Å²) < 4.78 is 2.19. The molecular weight excluding hydrogens is 210 g/mol. The van der Waals surface area contributed by atoms with Crippen molar-refractivity contribution in [3.63, 3.8) is 0 Å². The summed E-state index contributed by atoms with van der Waals surface area (Å²) in [6, 6.07) is 9.96. The highest BCUT2D eigenvalue weighted by molar-refractivity contribution is 5.81. The third-order valence-corrected chi connectivity index (χ3v) is 2.90. The molecule has 2 N–H and O–H groups in total. The summed E-state index contributed by atoms with van der Waals surface area (Å²) in [5, 5.41) is 9.95. The van der Waals surface area contributed by atoms with E-state index in [1.54, 1.807) is 0 Å². The summed E-state index contributed by atoms with van der Waals surface area (Å²) in [5.41, 5.74) is 7.70. The molecule has 0 aliphatic heterocycles. The van der Waals surface area contributed by atoms with E-state index < -0.39 is 0 Å². The normalized spacial score (nSPS) is 11.6. The van der Waals surface area contributed by atoms with E-state index in [1.165, 1.54) is 0 Å². The highest BCUT2D eigenvalue weighted by Gasteiger charge is 2.11. The Kier molecular flexibility index (Phi) is 2.91. The highest BCUT2D eigenvalue weighted by Crippen LogP contribution is 2.18. The summed E-state index contributed by atoms with van der Waals surface area (Å²) in [7, 11) is 0. The maximum absolute atomic E-state index is 8.84. The Morgan fingerprint density at radius 2 is 2.12 bits per heavy atom. The average Bonchev–Trinajstić information content (AvgIpc) is 2.67. The molecule has 88 valence electrons. The predicted octanol–water partition coefficient (Wildman–Crippen LogP) is 2.64. The lowest BCUT2D eigenvalue weighted by molar-refractivity contribution is 0.441. The second-order valence-corrected chi connectivity index (χ2v) is 5.13. The minimum absolute atomic E-state index is 0.150. The van der Waals surface area contributed by atoms with Crippen molar-refractivity contribution in [2.24, 2.45) is 5.73 Å². The van der Waals surface area contributed by atoms with Gasteiger partial charge in [-0.15, -0.1) is 0 Å². The van der Waals surface area contributed by atoms with Crippen LogP contribution < -0.4 is 5.73 Å². The number of nitrogens with two attached hydrogens (primary N) is 1. The first kappa shape index (κ1) is 11.7. The van der Waals surface area contributed by atoms with Crippen molar-refractivity contribution < 1.29 is 0 Å². The Bertz CT molecular complexity index is 567. The lowest BCUT2D eigenvalue weighted by atomic mass is 10.0. The predicted molar refractivity (Wildman–Crippen MR) is 69.5 cm³/mol. The van der Waals surface area contributed by atoms with E-state index in [9.17, 15) is 0 Å². The molecule has 1 aromatic heterocycles. The van der Waals surface area contributed by atoms with Crippen LogP contribution in [-0.2, 0) is 6.54 Å². The first-order valence-corrected chi connectivity index (χ1v) is 5.77. The maximum Gasteiger partial charge on any atom is 0.0991 e. The van der Waals surface area contributed by atoms with Gasteiger partial charge in [0.1, 0.15) is 0 Å². The van der Waals surface area contributed by atoms with Crippen LogP contribution in [0.15, 0.2) is 30.5 Å². The van der Waals surface area contributed by atoms with Crippen LogP contribution in [0.3, 0.4) is 0 Å². The quantitative estimate of drug-likeness (QED) is 0.876. The molecule has 0 amide bonds. The van der Waals surface area contributed by atoms with Gasteiger partial charge in [-0.3, -0.25) is 0 Å². The molecule has 0 atom stereocenters. The standard InChI is InChI=1S/C14H17N3/c1-14(2,16)6-8-17-7-5-12-9-11(10-15)3-4-13(12)17/h3-5,7,9H,6,8,16H2,1-2H3. The van der Waals surface area contributed by atoms with Crippen LogP contribution in [-0.4, -0.2) is 10.1 Å². The summed E-state index contributed by atoms with van der Waals surface area (Å²) >= 11 is 0. The van der Waals surface area contributed by atoms with E-state index in [-0.39, 0.29) is 5.54 Å². The van der Waals surface area contributed by atoms with Gasteiger partial charge in [0.05, 0.1) is 11.6 Å². The third-order valence-electron chi connectivity index (χ3n) is 2.90. The number of nitriles is 1. The zero-order chi connectivity index (χ0) is 12.5. The van der Waals surface area contributed by atoms with Crippen LogP contribution in [0.1, 0.15) is 25.8 Å². The van der Waals surface area contributed by atoms with Gasteiger partial charge >= 0.3 is 0 Å². The van der Waals surface area contributed by atoms with Crippen LogP contribution in [0.4, 0.5) is 0 Å². The number of fused-ring (bicyclic) bond motifs is 1. The number of aromatic nitrogens is 1. The van der Waals surface area contributed by atoms with Crippen molar-refractivity contribution >= 4 is 10.9 Å². The minimum Gasteiger partial charge on any atom is -0.347 e. The molecule has 17 heavy (non-hydrogen) atoms. The van der Waals surface area contributed by atoms with E-state index >= 15 is 0 Å². The minimum atomic E-state index is -0.150. The van der Waals surface area contributed by atoms with Gasteiger partial charge in [0.25, 0.3) is 0 Å². The number of benzene rings is 1. The first-order chi connectivity index (χ1) is 7.99. The second-order valence-electron chi connectivity index (χ2n) is 5.13. The van der Waals surface area contributed by atoms with E-state index in [0.29, 0.717) is 5.56 Å². The fraction of sp³-hybridized carbons (Fsp3) is 0.357. The molecule has 0 radical (unpaired) electrons. The molecule has 0 spiro atoms. The van der Waals surface area contributed by atoms with Crippen molar-refractivity contribution in [3.8, 4) is 6.07 Å². The molecular formula is C14H17N3. The Hall–Kier alpha value is -1.79. The van der Waals surface area contributed by atoms with Gasteiger partial charge in [0.2, 0.25) is 0 Å². The van der Waals surface area contributed by atoms with Crippen molar-refractivity contribution in [1.82, 2.24) is 4.57 Å². The molecule has 1 heterocycles. The zero-order valence-electron chi connectivity index (χ0n) is 10.3. The van der Waals surface area contributed by atoms with E-state index in [2.05, 4.69) is 16.8 Å². The van der Waals surface area contributed by atoms with Crippen molar-refractivity contribution in [2.45, 2.75) is 32.4 Å². The van der Waals surface area contributed by atoms with Crippen LogP contribution in [0.25, 0.3) is 10.9 Å². The molecule has 3 nitrogen and oxygen atoms in total. The second kappa shape index (κ2) is 4.23. The molecule has 1 aromatic carbocycles.